The van der Waals surface area contributed by atoms with Crippen LogP contribution < -0.4 is 5.73 Å². The normalized spacial score (nSPS) is 10.1. The van der Waals surface area contributed by atoms with Gasteiger partial charge in [0.1, 0.15) is 0 Å². The number of carboxylic acid groups (broad SMARTS) is 2. The molecular formula is C15H11NO5. The highest BCUT2D eigenvalue weighted by molar-refractivity contribution is 6.11. The van der Waals surface area contributed by atoms with Crippen molar-refractivity contribution in [1.82, 2.24) is 0 Å². The van der Waals surface area contributed by atoms with E-state index >= 15 is 0 Å². The summed E-state index contributed by atoms with van der Waals surface area (Å²) < 4.78 is 0. The number of nitrogen functional groups attached to an aromatic ring is 1. The molecule has 0 spiro atoms. The third-order valence-electron chi connectivity index (χ3n) is 2.92. The lowest BCUT2D eigenvalue weighted by Crippen LogP contribution is -2.08. The highest BCUT2D eigenvalue weighted by atomic mass is 16.4. The average Bonchev–Trinajstić information content (AvgIpc) is 2.46. The number of nitrogens with two attached hydrogens (primary N) is 1. The molecule has 2 aromatic carbocycles. The second-order valence-electron chi connectivity index (χ2n) is 4.32. The van der Waals surface area contributed by atoms with Crippen LogP contribution in [0, 0.1) is 0 Å². The van der Waals surface area contributed by atoms with E-state index in [9.17, 15) is 14.4 Å². The number of carbonyl (C=O) groups is 3. The van der Waals surface area contributed by atoms with Gasteiger partial charge in [0.25, 0.3) is 0 Å². The van der Waals surface area contributed by atoms with E-state index in [-0.39, 0.29) is 27.9 Å². The zero-order valence-corrected chi connectivity index (χ0v) is 10.7. The first kappa shape index (κ1) is 14.3. The Bertz CT molecular complexity index is 751. The van der Waals surface area contributed by atoms with Gasteiger partial charge in [0.15, 0.2) is 5.78 Å². The fourth-order valence-corrected chi connectivity index (χ4v) is 1.84. The SMILES string of the molecule is Nc1ccc(C(=O)c2cccc(C(=O)O)c2)cc1C(=O)O. The Morgan fingerprint density at radius 3 is 2.05 bits per heavy atom. The maximum absolute atomic E-state index is 12.3. The van der Waals surface area contributed by atoms with Crippen molar-refractivity contribution >= 4 is 23.4 Å². The first-order valence-electron chi connectivity index (χ1n) is 5.91. The van der Waals surface area contributed by atoms with Crippen LogP contribution in [0.4, 0.5) is 5.69 Å². The summed E-state index contributed by atoms with van der Waals surface area (Å²) in [5.74, 6) is -2.85. The molecule has 0 radical (unpaired) electrons. The number of carbonyl (C=O) groups excluding carboxylic acids is 1. The molecule has 0 aliphatic carbocycles. The molecule has 6 heteroatoms. The molecule has 0 saturated carbocycles. The van der Waals surface area contributed by atoms with Crippen LogP contribution in [0.1, 0.15) is 36.6 Å². The van der Waals surface area contributed by atoms with Gasteiger partial charge in [-0.15, -0.1) is 0 Å². The quantitative estimate of drug-likeness (QED) is 0.583. The molecule has 0 bridgehead atoms. The number of hydrogen-bond donors (Lipinski definition) is 3. The molecule has 2 aromatic rings. The maximum atomic E-state index is 12.3. The summed E-state index contributed by atoms with van der Waals surface area (Å²) in [6.07, 6.45) is 0. The fourth-order valence-electron chi connectivity index (χ4n) is 1.84. The zero-order valence-electron chi connectivity index (χ0n) is 10.7. The van der Waals surface area contributed by atoms with Crippen LogP contribution in [0.25, 0.3) is 0 Å². The molecule has 0 aliphatic rings. The van der Waals surface area contributed by atoms with Gasteiger partial charge in [-0.25, -0.2) is 9.59 Å². The van der Waals surface area contributed by atoms with Gasteiger partial charge < -0.3 is 15.9 Å². The Labute approximate surface area is 119 Å². The van der Waals surface area contributed by atoms with E-state index < -0.39 is 17.7 Å². The van der Waals surface area contributed by atoms with Crippen molar-refractivity contribution in [1.29, 1.82) is 0 Å². The summed E-state index contributed by atoms with van der Waals surface area (Å²) in [5, 5.41) is 17.9. The van der Waals surface area contributed by atoms with Crippen molar-refractivity contribution in [3.63, 3.8) is 0 Å². The maximum Gasteiger partial charge on any atom is 0.337 e. The lowest BCUT2D eigenvalue weighted by Gasteiger charge is -2.06. The third-order valence-corrected chi connectivity index (χ3v) is 2.92. The Morgan fingerprint density at radius 2 is 1.43 bits per heavy atom. The summed E-state index contributed by atoms with van der Waals surface area (Å²) in [7, 11) is 0. The summed E-state index contributed by atoms with van der Waals surface area (Å²) >= 11 is 0. The number of rotatable bonds is 4. The second-order valence-corrected chi connectivity index (χ2v) is 4.32. The van der Waals surface area contributed by atoms with Gasteiger partial charge >= 0.3 is 11.9 Å². The first-order chi connectivity index (χ1) is 9.90. The summed E-state index contributed by atoms with van der Waals surface area (Å²) in [5.41, 5.74) is 5.68. The molecule has 2 rings (SSSR count). The second kappa shape index (κ2) is 5.46. The monoisotopic (exact) mass is 285 g/mol. The molecule has 0 aromatic heterocycles. The van der Waals surface area contributed by atoms with Crippen LogP contribution in [-0.2, 0) is 0 Å². The molecule has 0 heterocycles. The predicted molar refractivity (Wildman–Crippen MR) is 74.6 cm³/mol. The Morgan fingerprint density at radius 1 is 0.810 bits per heavy atom. The molecule has 106 valence electrons. The van der Waals surface area contributed by atoms with Crippen LogP contribution in [0.5, 0.6) is 0 Å². The average molecular weight is 285 g/mol. The van der Waals surface area contributed by atoms with Crippen LogP contribution in [-0.4, -0.2) is 27.9 Å². The van der Waals surface area contributed by atoms with Crippen molar-refractivity contribution in [2.24, 2.45) is 0 Å². The molecule has 0 atom stereocenters. The van der Waals surface area contributed by atoms with E-state index in [0.29, 0.717) is 0 Å². The van der Waals surface area contributed by atoms with Crippen molar-refractivity contribution in [2.75, 3.05) is 5.73 Å². The predicted octanol–water partition coefficient (Wildman–Crippen LogP) is 1.90. The zero-order chi connectivity index (χ0) is 15.6. The van der Waals surface area contributed by atoms with Crippen molar-refractivity contribution in [3.05, 3.63) is 64.7 Å². The molecule has 6 nitrogen and oxygen atoms in total. The van der Waals surface area contributed by atoms with Crippen LogP contribution in [0.3, 0.4) is 0 Å². The standard InChI is InChI=1S/C15H11NO5/c16-12-5-4-9(7-11(12)15(20)21)13(17)8-2-1-3-10(6-8)14(18)19/h1-7H,16H2,(H,18,19)(H,20,21). The largest absolute Gasteiger partial charge is 0.478 e. The molecule has 0 unspecified atom stereocenters. The molecule has 4 N–H and O–H groups in total. The topological polar surface area (TPSA) is 118 Å². The van der Waals surface area contributed by atoms with Gasteiger partial charge in [0.2, 0.25) is 0 Å². The Balaban J connectivity index is 2.45. The highest BCUT2D eigenvalue weighted by Crippen LogP contribution is 2.18. The van der Waals surface area contributed by atoms with Crippen molar-refractivity contribution < 1.29 is 24.6 Å². The van der Waals surface area contributed by atoms with Gasteiger partial charge in [-0.05, 0) is 30.3 Å². The summed E-state index contributed by atoms with van der Waals surface area (Å²) in [6.45, 7) is 0. The van der Waals surface area contributed by atoms with E-state index in [1.54, 1.807) is 0 Å². The molecule has 0 saturated heterocycles. The fraction of sp³-hybridized carbons (Fsp3) is 0. The highest BCUT2D eigenvalue weighted by Gasteiger charge is 2.15. The Hall–Kier alpha value is -3.15. The number of benzene rings is 2. The van der Waals surface area contributed by atoms with Crippen LogP contribution >= 0.6 is 0 Å². The van der Waals surface area contributed by atoms with Gasteiger partial charge in [-0.2, -0.15) is 0 Å². The van der Waals surface area contributed by atoms with E-state index in [4.69, 9.17) is 15.9 Å². The van der Waals surface area contributed by atoms with Crippen LogP contribution in [0.15, 0.2) is 42.5 Å². The molecule has 0 aliphatic heterocycles. The molecule has 21 heavy (non-hydrogen) atoms. The third kappa shape index (κ3) is 2.89. The van der Waals surface area contributed by atoms with Crippen LogP contribution in [0.2, 0.25) is 0 Å². The number of aromatic carboxylic acids is 2. The molecule has 0 amide bonds. The lowest BCUT2D eigenvalue weighted by atomic mass is 9.99. The van der Waals surface area contributed by atoms with Gasteiger partial charge in [-0.3, -0.25) is 4.79 Å². The lowest BCUT2D eigenvalue weighted by molar-refractivity contribution is 0.0686. The van der Waals surface area contributed by atoms with E-state index in [0.717, 1.165) is 0 Å². The van der Waals surface area contributed by atoms with Crippen molar-refractivity contribution in [3.8, 4) is 0 Å². The van der Waals surface area contributed by atoms with E-state index in [1.807, 2.05) is 0 Å². The number of ketones is 1. The molecule has 0 fully saturated rings. The minimum Gasteiger partial charge on any atom is -0.478 e. The van der Waals surface area contributed by atoms with E-state index in [1.165, 1.54) is 42.5 Å². The Kier molecular flexibility index (Phi) is 3.71. The van der Waals surface area contributed by atoms with Gasteiger partial charge in [0.05, 0.1) is 11.1 Å². The number of anilines is 1. The number of carboxylic acids is 2. The van der Waals surface area contributed by atoms with Gasteiger partial charge in [-0.1, -0.05) is 12.1 Å². The molecular weight excluding hydrogens is 274 g/mol. The van der Waals surface area contributed by atoms with Crippen molar-refractivity contribution in [2.45, 2.75) is 0 Å². The minimum absolute atomic E-state index is 0.0187. The first-order valence-corrected chi connectivity index (χ1v) is 5.91. The summed E-state index contributed by atoms with van der Waals surface area (Å²) in [6, 6.07) is 9.42. The smallest absolute Gasteiger partial charge is 0.337 e. The summed E-state index contributed by atoms with van der Waals surface area (Å²) in [4.78, 5) is 34.2. The van der Waals surface area contributed by atoms with E-state index in [2.05, 4.69) is 0 Å². The minimum atomic E-state index is -1.23. The van der Waals surface area contributed by atoms with Gasteiger partial charge in [0, 0.05) is 16.8 Å². The number of hydrogen-bond acceptors (Lipinski definition) is 4.